The highest BCUT2D eigenvalue weighted by molar-refractivity contribution is 7.92. The Kier molecular flexibility index (Phi) is 5.72. The van der Waals surface area contributed by atoms with Crippen LogP contribution in [0.25, 0.3) is 10.9 Å². The Morgan fingerprint density at radius 2 is 1.67 bits per heavy atom. The van der Waals surface area contributed by atoms with Gasteiger partial charge in [-0.05, 0) is 50.1 Å². The SMILES string of the molecule is COC(=O)c1cn(C(=O)[C@H](C)N(c2cc(C)cc(C)c2)S(C)(=O)=O)c2ccccc12. The topological polar surface area (TPSA) is 85.7 Å². The second-order valence-electron chi connectivity index (χ2n) is 7.34. The van der Waals surface area contributed by atoms with Crippen molar-refractivity contribution in [2.45, 2.75) is 26.8 Å². The van der Waals surface area contributed by atoms with E-state index in [1.807, 2.05) is 19.9 Å². The molecule has 0 amide bonds. The molecule has 30 heavy (non-hydrogen) atoms. The zero-order chi connectivity index (χ0) is 22.2. The van der Waals surface area contributed by atoms with Gasteiger partial charge in [0.1, 0.15) is 6.04 Å². The zero-order valence-electron chi connectivity index (χ0n) is 17.5. The van der Waals surface area contributed by atoms with Crippen LogP contribution in [-0.4, -0.2) is 44.3 Å². The molecule has 1 aromatic heterocycles. The summed E-state index contributed by atoms with van der Waals surface area (Å²) in [4.78, 5) is 25.6. The molecule has 1 atom stereocenters. The number of hydrogen-bond acceptors (Lipinski definition) is 5. The summed E-state index contributed by atoms with van der Waals surface area (Å²) >= 11 is 0. The fourth-order valence-corrected chi connectivity index (χ4v) is 4.87. The van der Waals surface area contributed by atoms with Crippen LogP contribution in [0.5, 0.6) is 0 Å². The molecule has 0 fully saturated rings. The average Bonchev–Trinajstić information content (AvgIpc) is 3.04. The number of aryl methyl sites for hydroxylation is 2. The highest BCUT2D eigenvalue weighted by Gasteiger charge is 2.31. The molecular weight excluding hydrogens is 404 g/mol. The predicted molar refractivity (Wildman–Crippen MR) is 117 cm³/mol. The number of hydrogen-bond donors (Lipinski definition) is 0. The number of ether oxygens (including phenoxy) is 1. The van der Waals surface area contributed by atoms with Crippen LogP contribution in [0.4, 0.5) is 5.69 Å². The van der Waals surface area contributed by atoms with Crippen LogP contribution in [0.2, 0.25) is 0 Å². The molecule has 8 heteroatoms. The monoisotopic (exact) mass is 428 g/mol. The molecule has 0 aliphatic carbocycles. The van der Waals surface area contributed by atoms with E-state index < -0.39 is 27.9 Å². The van der Waals surface area contributed by atoms with Crippen molar-refractivity contribution in [2.75, 3.05) is 17.7 Å². The van der Waals surface area contributed by atoms with E-state index in [9.17, 15) is 18.0 Å². The Balaban J connectivity index is 2.14. The third-order valence-corrected chi connectivity index (χ3v) is 6.12. The summed E-state index contributed by atoms with van der Waals surface area (Å²) in [6, 6.07) is 11.3. The van der Waals surface area contributed by atoms with Gasteiger partial charge in [0, 0.05) is 11.6 Å². The van der Waals surface area contributed by atoms with Crippen molar-refractivity contribution in [3.63, 3.8) is 0 Å². The maximum absolute atomic E-state index is 13.4. The zero-order valence-corrected chi connectivity index (χ0v) is 18.4. The number of benzene rings is 2. The Morgan fingerprint density at radius 3 is 2.23 bits per heavy atom. The van der Waals surface area contributed by atoms with Gasteiger partial charge in [-0.25, -0.2) is 13.2 Å². The van der Waals surface area contributed by atoms with Crippen LogP contribution in [0.3, 0.4) is 0 Å². The third kappa shape index (κ3) is 3.95. The number of methoxy groups -OCH3 is 1. The maximum atomic E-state index is 13.4. The van der Waals surface area contributed by atoms with E-state index in [1.165, 1.54) is 24.8 Å². The Morgan fingerprint density at radius 1 is 1.07 bits per heavy atom. The minimum Gasteiger partial charge on any atom is -0.465 e. The minimum absolute atomic E-state index is 0.242. The molecule has 0 aliphatic heterocycles. The predicted octanol–water partition coefficient (Wildman–Crippen LogP) is 3.54. The minimum atomic E-state index is -3.76. The lowest BCUT2D eigenvalue weighted by molar-refractivity contribution is 0.0603. The van der Waals surface area contributed by atoms with Crippen LogP contribution < -0.4 is 4.31 Å². The van der Waals surface area contributed by atoms with Gasteiger partial charge in [-0.3, -0.25) is 13.7 Å². The summed E-state index contributed by atoms with van der Waals surface area (Å²) in [5.74, 6) is -1.05. The molecule has 0 N–H and O–H groups in total. The lowest BCUT2D eigenvalue weighted by atomic mass is 10.1. The molecule has 0 saturated heterocycles. The van der Waals surface area contributed by atoms with Gasteiger partial charge in [0.2, 0.25) is 10.0 Å². The summed E-state index contributed by atoms with van der Waals surface area (Å²) < 4.78 is 32.5. The van der Waals surface area contributed by atoms with Crippen LogP contribution in [0.15, 0.2) is 48.7 Å². The van der Waals surface area contributed by atoms with E-state index in [2.05, 4.69) is 0 Å². The highest BCUT2D eigenvalue weighted by atomic mass is 32.2. The van der Waals surface area contributed by atoms with Crippen molar-refractivity contribution in [3.8, 4) is 0 Å². The van der Waals surface area contributed by atoms with Gasteiger partial charge in [0.15, 0.2) is 0 Å². The van der Waals surface area contributed by atoms with Crippen LogP contribution in [0, 0.1) is 13.8 Å². The van der Waals surface area contributed by atoms with E-state index in [-0.39, 0.29) is 5.56 Å². The van der Waals surface area contributed by atoms with Gasteiger partial charge in [-0.2, -0.15) is 0 Å². The molecule has 0 saturated carbocycles. The summed E-state index contributed by atoms with van der Waals surface area (Å²) in [6.45, 7) is 5.27. The molecule has 1 heterocycles. The first-order valence-corrected chi connectivity index (χ1v) is 11.2. The van der Waals surface area contributed by atoms with Gasteiger partial charge in [0.25, 0.3) is 5.91 Å². The largest absolute Gasteiger partial charge is 0.465 e. The molecule has 0 unspecified atom stereocenters. The first kappa shape index (κ1) is 21.6. The Labute approximate surface area is 175 Å². The molecule has 0 spiro atoms. The molecule has 2 aromatic carbocycles. The number of para-hydroxylation sites is 1. The number of anilines is 1. The van der Waals surface area contributed by atoms with Crippen LogP contribution in [-0.2, 0) is 14.8 Å². The number of esters is 1. The number of carbonyl (C=O) groups is 2. The molecular formula is C22H24N2O5S. The maximum Gasteiger partial charge on any atom is 0.340 e. The number of fused-ring (bicyclic) bond motifs is 1. The normalized spacial score (nSPS) is 12.6. The number of rotatable bonds is 5. The molecule has 0 radical (unpaired) electrons. The fraction of sp³-hybridized carbons (Fsp3) is 0.273. The summed E-state index contributed by atoms with van der Waals surface area (Å²) in [6.07, 6.45) is 2.47. The van der Waals surface area contributed by atoms with Gasteiger partial charge in [0.05, 0.1) is 30.1 Å². The Hall–Kier alpha value is -3.13. The number of sulfonamides is 1. The van der Waals surface area contributed by atoms with Gasteiger partial charge in [-0.15, -0.1) is 0 Å². The number of nitrogens with zero attached hydrogens (tertiary/aromatic N) is 2. The second kappa shape index (κ2) is 7.95. The van der Waals surface area contributed by atoms with Crippen LogP contribution >= 0.6 is 0 Å². The summed E-state index contributed by atoms with van der Waals surface area (Å²) in [5, 5.41) is 0.558. The molecule has 7 nitrogen and oxygen atoms in total. The summed E-state index contributed by atoms with van der Waals surface area (Å²) in [7, 11) is -2.50. The first-order chi connectivity index (χ1) is 14.0. The molecule has 0 aliphatic rings. The van der Waals surface area contributed by atoms with E-state index in [0.717, 1.165) is 21.7 Å². The van der Waals surface area contributed by atoms with Gasteiger partial charge < -0.3 is 4.74 Å². The lowest BCUT2D eigenvalue weighted by Crippen LogP contribution is -2.44. The van der Waals surface area contributed by atoms with E-state index in [4.69, 9.17) is 4.74 Å². The van der Waals surface area contributed by atoms with Crippen molar-refractivity contribution in [2.24, 2.45) is 0 Å². The van der Waals surface area contributed by atoms with Crippen molar-refractivity contribution in [1.82, 2.24) is 4.57 Å². The van der Waals surface area contributed by atoms with E-state index >= 15 is 0 Å². The molecule has 3 aromatic rings. The van der Waals surface area contributed by atoms with Crippen molar-refractivity contribution < 1.29 is 22.7 Å². The number of carbonyl (C=O) groups excluding carboxylic acids is 2. The van der Waals surface area contributed by atoms with Crippen molar-refractivity contribution >= 4 is 38.5 Å². The lowest BCUT2D eigenvalue weighted by Gasteiger charge is -2.29. The average molecular weight is 429 g/mol. The fourth-order valence-electron chi connectivity index (χ4n) is 3.72. The highest BCUT2D eigenvalue weighted by Crippen LogP contribution is 2.27. The molecule has 3 rings (SSSR count). The van der Waals surface area contributed by atoms with Crippen molar-refractivity contribution in [3.05, 3.63) is 65.4 Å². The molecule has 0 bridgehead atoms. The summed E-state index contributed by atoms with van der Waals surface area (Å²) in [5.41, 5.74) is 2.94. The Bertz CT molecular complexity index is 1220. The molecule has 158 valence electrons. The van der Waals surface area contributed by atoms with E-state index in [1.54, 1.807) is 36.4 Å². The van der Waals surface area contributed by atoms with Gasteiger partial charge in [-0.1, -0.05) is 24.3 Å². The third-order valence-electron chi connectivity index (χ3n) is 4.88. The smallest absolute Gasteiger partial charge is 0.340 e. The first-order valence-electron chi connectivity index (χ1n) is 9.35. The standard InChI is InChI=1S/C22H24N2O5S/c1-14-10-15(2)12-17(11-14)24(30(5,27)28)16(3)21(25)23-13-19(22(26)29-4)18-8-6-7-9-20(18)23/h6-13,16H,1-5H3/t16-/m0/s1. The number of aromatic nitrogens is 1. The van der Waals surface area contributed by atoms with Crippen LogP contribution in [0.1, 0.15) is 33.2 Å². The van der Waals surface area contributed by atoms with Crippen molar-refractivity contribution in [1.29, 1.82) is 0 Å². The van der Waals surface area contributed by atoms with E-state index in [0.29, 0.717) is 16.6 Å². The second-order valence-corrected chi connectivity index (χ2v) is 9.20. The van der Waals surface area contributed by atoms with Gasteiger partial charge >= 0.3 is 5.97 Å². The quantitative estimate of drug-likeness (QED) is 0.580.